The number of hydrogen-bond donors (Lipinski definition) is 0. The van der Waals surface area contributed by atoms with Crippen LogP contribution in [-0.2, 0) is 30.0 Å². The zero-order valence-electron chi connectivity index (χ0n) is 13.7. The van der Waals surface area contributed by atoms with Crippen LogP contribution in [0.2, 0.25) is 0 Å². The summed E-state index contributed by atoms with van der Waals surface area (Å²) in [5.41, 5.74) is 3.04. The number of sulfone groups is 1. The summed E-state index contributed by atoms with van der Waals surface area (Å²) in [6, 6.07) is 1.96. The van der Waals surface area contributed by atoms with E-state index in [2.05, 4.69) is 15.1 Å². The Labute approximate surface area is 131 Å². The van der Waals surface area contributed by atoms with Crippen molar-refractivity contribution in [2.75, 3.05) is 24.0 Å². The van der Waals surface area contributed by atoms with Gasteiger partial charge in [0.2, 0.25) is 0 Å². The van der Waals surface area contributed by atoms with Crippen LogP contribution in [0.1, 0.15) is 17.0 Å². The van der Waals surface area contributed by atoms with Gasteiger partial charge in [0, 0.05) is 50.4 Å². The number of anilines is 1. The summed E-state index contributed by atoms with van der Waals surface area (Å²) in [6.07, 6.45) is 3.15. The average molecular weight is 325 g/mol. The van der Waals surface area contributed by atoms with Crippen molar-refractivity contribution in [3.05, 3.63) is 29.2 Å². The lowest BCUT2D eigenvalue weighted by Gasteiger charge is -2.16. The van der Waals surface area contributed by atoms with E-state index < -0.39 is 9.84 Å². The first kappa shape index (κ1) is 16.5. The molecule has 22 heavy (non-hydrogen) atoms. The molecule has 0 amide bonds. The summed E-state index contributed by atoms with van der Waals surface area (Å²) in [6.45, 7) is 5.00. The molecule has 0 spiro atoms. The van der Waals surface area contributed by atoms with Crippen molar-refractivity contribution in [2.24, 2.45) is 7.05 Å². The Bertz CT molecular complexity index is 760. The molecule has 0 saturated carbocycles. The Balaban J connectivity index is 2.16. The second kappa shape index (κ2) is 6.12. The molecular formula is C14H23N5O2S. The number of aryl methyl sites for hydroxylation is 3. The van der Waals surface area contributed by atoms with Crippen molar-refractivity contribution in [3.8, 4) is 0 Å². The zero-order valence-corrected chi connectivity index (χ0v) is 14.6. The van der Waals surface area contributed by atoms with Crippen LogP contribution < -0.4 is 4.90 Å². The van der Waals surface area contributed by atoms with E-state index in [4.69, 9.17) is 0 Å². The fraction of sp³-hybridized carbons (Fsp3) is 0.571. The first-order valence-electron chi connectivity index (χ1n) is 7.09. The monoisotopic (exact) mass is 325 g/mol. The maximum atomic E-state index is 11.3. The third-order valence-corrected chi connectivity index (χ3v) is 4.62. The lowest BCUT2D eigenvalue weighted by Crippen LogP contribution is -2.18. The highest BCUT2D eigenvalue weighted by Crippen LogP contribution is 2.18. The molecule has 0 unspecified atom stereocenters. The first-order chi connectivity index (χ1) is 10.2. The first-order valence-corrected chi connectivity index (χ1v) is 9.15. The molecule has 0 atom stereocenters. The Kier molecular flexibility index (Phi) is 4.60. The third kappa shape index (κ3) is 3.88. The molecule has 0 aliphatic heterocycles. The van der Waals surface area contributed by atoms with Crippen LogP contribution in [0.25, 0.3) is 0 Å². The van der Waals surface area contributed by atoms with Crippen LogP contribution in [0.15, 0.2) is 12.3 Å². The molecule has 122 valence electrons. The fourth-order valence-corrected chi connectivity index (χ4v) is 2.86. The van der Waals surface area contributed by atoms with Gasteiger partial charge in [0.25, 0.3) is 0 Å². The lowest BCUT2D eigenvalue weighted by atomic mass is 10.2. The molecule has 0 fully saturated rings. The van der Waals surface area contributed by atoms with Crippen molar-refractivity contribution >= 4 is 15.7 Å². The smallest absolute Gasteiger partial charge is 0.150 e. The van der Waals surface area contributed by atoms with Gasteiger partial charge in [-0.05, 0) is 13.8 Å². The van der Waals surface area contributed by atoms with Crippen molar-refractivity contribution in [1.82, 2.24) is 19.6 Å². The van der Waals surface area contributed by atoms with Crippen molar-refractivity contribution < 1.29 is 8.42 Å². The van der Waals surface area contributed by atoms with E-state index in [9.17, 15) is 8.42 Å². The molecule has 0 radical (unpaired) electrons. The van der Waals surface area contributed by atoms with Crippen LogP contribution in [-0.4, -0.2) is 47.0 Å². The van der Waals surface area contributed by atoms with Gasteiger partial charge in [0.15, 0.2) is 5.82 Å². The quantitative estimate of drug-likeness (QED) is 0.789. The van der Waals surface area contributed by atoms with Crippen LogP contribution >= 0.6 is 0 Å². The molecule has 0 aliphatic carbocycles. The van der Waals surface area contributed by atoms with E-state index in [0.717, 1.165) is 22.8 Å². The number of nitrogens with zero attached hydrogens (tertiary/aromatic N) is 5. The number of aromatic nitrogens is 4. The topological polar surface area (TPSA) is 73.0 Å². The van der Waals surface area contributed by atoms with Crippen LogP contribution in [0.5, 0.6) is 0 Å². The van der Waals surface area contributed by atoms with E-state index >= 15 is 0 Å². The maximum absolute atomic E-state index is 11.3. The molecule has 7 nitrogen and oxygen atoms in total. The molecule has 2 heterocycles. The molecule has 0 aromatic carbocycles. The van der Waals surface area contributed by atoms with E-state index in [1.165, 1.54) is 6.26 Å². The summed E-state index contributed by atoms with van der Waals surface area (Å²) >= 11 is 0. The zero-order chi connectivity index (χ0) is 16.5. The summed E-state index contributed by atoms with van der Waals surface area (Å²) < 4.78 is 26.2. The molecule has 8 heteroatoms. The van der Waals surface area contributed by atoms with E-state index in [-0.39, 0.29) is 5.75 Å². The van der Waals surface area contributed by atoms with Gasteiger partial charge in [-0.1, -0.05) is 0 Å². The molecule has 2 aromatic rings. The number of rotatable bonds is 6. The van der Waals surface area contributed by atoms with Crippen LogP contribution in [0.3, 0.4) is 0 Å². The van der Waals surface area contributed by atoms with E-state index in [1.54, 1.807) is 9.36 Å². The minimum atomic E-state index is -2.99. The van der Waals surface area contributed by atoms with Gasteiger partial charge in [-0.25, -0.2) is 8.42 Å². The standard InChI is InChI=1S/C14H23N5O2S/c1-11-13(10-17(3)14-6-7-18(4)16-14)12(2)19(15-11)8-9-22(5,20)21/h6-7H,8-10H2,1-5H3. The molecule has 0 saturated heterocycles. The Morgan fingerprint density at radius 3 is 2.50 bits per heavy atom. The van der Waals surface area contributed by atoms with Crippen molar-refractivity contribution in [3.63, 3.8) is 0 Å². The van der Waals surface area contributed by atoms with Crippen molar-refractivity contribution in [2.45, 2.75) is 26.9 Å². The summed E-state index contributed by atoms with van der Waals surface area (Å²) in [5.74, 6) is 0.995. The van der Waals surface area contributed by atoms with Gasteiger partial charge in [0.1, 0.15) is 9.84 Å². The molecule has 0 N–H and O–H groups in total. The summed E-state index contributed by atoms with van der Waals surface area (Å²) in [4.78, 5) is 2.05. The predicted octanol–water partition coefficient (Wildman–Crippen LogP) is 0.914. The Morgan fingerprint density at radius 1 is 1.27 bits per heavy atom. The SMILES string of the molecule is Cc1nn(CCS(C)(=O)=O)c(C)c1CN(C)c1ccn(C)n1. The molecule has 2 rings (SSSR count). The second-order valence-corrected chi connectivity index (χ2v) is 7.97. The van der Waals surface area contributed by atoms with Gasteiger partial charge < -0.3 is 4.90 Å². The summed E-state index contributed by atoms with van der Waals surface area (Å²) in [5, 5.41) is 8.84. The third-order valence-electron chi connectivity index (χ3n) is 3.69. The minimum absolute atomic E-state index is 0.102. The average Bonchev–Trinajstić information content (AvgIpc) is 2.94. The normalized spacial score (nSPS) is 11.9. The highest BCUT2D eigenvalue weighted by atomic mass is 32.2. The van der Waals surface area contributed by atoms with Crippen LogP contribution in [0, 0.1) is 13.8 Å². The Morgan fingerprint density at radius 2 is 1.95 bits per heavy atom. The molecule has 0 aliphatic rings. The lowest BCUT2D eigenvalue weighted by molar-refractivity contribution is 0.581. The van der Waals surface area contributed by atoms with Crippen molar-refractivity contribution in [1.29, 1.82) is 0 Å². The van der Waals surface area contributed by atoms with Gasteiger partial charge >= 0.3 is 0 Å². The van der Waals surface area contributed by atoms with Gasteiger partial charge in [0.05, 0.1) is 18.0 Å². The Hall–Kier alpha value is -1.83. The number of hydrogen-bond acceptors (Lipinski definition) is 5. The van der Waals surface area contributed by atoms with Crippen LogP contribution in [0.4, 0.5) is 5.82 Å². The summed E-state index contributed by atoms with van der Waals surface area (Å²) in [7, 11) is 0.877. The highest BCUT2D eigenvalue weighted by molar-refractivity contribution is 7.90. The van der Waals surface area contributed by atoms with Gasteiger partial charge in [-0.15, -0.1) is 0 Å². The second-order valence-electron chi connectivity index (χ2n) is 5.71. The fourth-order valence-electron chi connectivity index (χ4n) is 2.36. The maximum Gasteiger partial charge on any atom is 0.150 e. The highest BCUT2D eigenvalue weighted by Gasteiger charge is 2.15. The molecule has 0 bridgehead atoms. The van der Waals surface area contributed by atoms with Gasteiger partial charge in [-0.2, -0.15) is 10.2 Å². The van der Waals surface area contributed by atoms with Gasteiger partial charge in [-0.3, -0.25) is 9.36 Å². The largest absolute Gasteiger partial charge is 0.354 e. The predicted molar refractivity (Wildman–Crippen MR) is 86.7 cm³/mol. The van der Waals surface area contributed by atoms with E-state index in [0.29, 0.717) is 13.1 Å². The molecular weight excluding hydrogens is 302 g/mol. The minimum Gasteiger partial charge on any atom is -0.354 e. The van der Waals surface area contributed by atoms with E-state index in [1.807, 2.05) is 40.2 Å². The molecule has 2 aromatic heterocycles.